The van der Waals surface area contributed by atoms with Gasteiger partial charge in [0.15, 0.2) is 0 Å². The Kier molecular flexibility index (Phi) is 2.26. The molecule has 6 nitrogen and oxygen atoms in total. The number of nitrogens with zero attached hydrogens (tertiary/aromatic N) is 4. The molecule has 0 amide bonds. The van der Waals surface area contributed by atoms with Crippen molar-refractivity contribution in [3.8, 4) is 5.69 Å². The summed E-state index contributed by atoms with van der Waals surface area (Å²) in [4.78, 5) is 14.6. The molecule has 3 rings (SSSR count). The van der Waals surface area contributed by atoms with Crippen molar-refractivity contribution in [1.82, 2.24) is 14.8 Å². The Bertz CT molecular complexity index is 722. The summed E-state index contributed by atoms with van der Waals surface area (Å²) in [5.41, 5.74) is 1.14. The molecule has 0 bridgehead atoms. The summed E-state index contributed by atoms with van der Waals surface area (Å²) in [6.07, 6.45) is 4.99. The average molecular weight is 240 g/mol. The number of rotatable bonds is 2. The van der Waals surface area contributed by atoms with Crippen molar-refractivity contribution in [2.45, 2.75) is 0 Å². The molecule has 6 heteroatoms. The first-order valence-electron chi connectivity index (χ1n) is 5.29. The van der Waals surface area contributed by atoms with Crippen molar-refractivity contribution in [3.05, 3.63) is 59.0 Å². The maximum Gasteiger partial charge on any atom is 0.295 e. The van der Waals surface area contributed by atoms with Crippen molar-refractivity contribution in [2.75, 3.05) is 0 Å². The molecule has 0 spiro atoms. The standard InChI is InChI=1S/C12H8N4O2/c17-16(18)11-5-4-10(15-8-2-7-14-15)9-3-1-6-13-12(9)11/h1-8H. The lowest BCUT2D eigenvalue weighted by atomic mass is 10.1. The highest BCUT2D eigenvalue weighted by atomic mass is 16.6. The van der Waals surface area contributed by atoms with E-state index in [-0.39, 0.29) is 5.69 Å². The van der Waals surface area contributed by atoms with Gasteiger partial charge >= 0.3 is 0 Å². The molecule has 0 aliphatic rings. The third kappa shape index (κ3) is 1.51. The SMILES string of the molecule is O=[N+]([O-])c1ccc(-n2cccn2)c2cccnc12. The molecular formula is C12H8N4O2. The largest absolute Gasteiger partial charge is 0.295 e. The van der Waals surface area contributed by atoms with E-state index >= 15 is 0 Å². The number of benzene rings is 1. The van der Waals surface area contributed by atoms with Crippen molar-refractivity contribution in [2.24, 2.45) is 0 Å². The van der Waals surface area contributed by atoms with Crippen LogP contribution in [0.1, 0.15) is 0 Å². The van der Waals surface area contributed by atoms with Gasteiger partial charge in [0.05, 0.1) is 10.6 Å². The lowest BCUT2D eigenvalue weighted by molar-refractivity contribution is -0.383. The summed E-state index contributed by atoms with van der Waals surface area (Å²) < 4.78 is 1.66. The first kappa shape index (κ1) is 10.4. The van der Waals surface area contributed by atoms with Crippen molar-refractivity contribution < 1.29 is 4.92 Å². The second kappa shape index (κ2) is 3.92. The minimum Gasteiger partial charge on any atom is -0.258 e. The number of nitro benzene ring substituents is 1. The fraction of sp³-hybridized carbons (Fsp3) is 0. The molecule has 0 saturated heterocycles. The fourth-order valence-corrected chi connectivity index (χ4v) is 1.90. The van der Waals surface area contributed by atoms with Gasteiger partial charge in [-0.05, 0) is 24.3 Å². The molecule has 0 saturated carbocycles. The molecule has 1 aromatic carbocycles. The molecule has 18 heavy (non-hydrogen) atoms. The highest BCUT2D eigenvalue weighted by molar-refractivity contribution is 5.93. The van der Waals surface area contributed by atoms with E-state index in [0.717, 1.165) is 5.69 Å². The predicted molar refractivity (Wildman–Crippen MR) is 65.5 cm³/mol. The predicted octanol–water partition coefficient (Wildman–Crippen LogP) is 2.33. The van der Waals surface area contributed by atoms with Gasteiger partial charge in [-0.3, -0.25) is 10.1 Å². The molecule has 0 radical (unpaired) electrons. The van der Waals surface area contributed by atoms with E-state index in [4.69, 9.17) is 0 Å². The molecular weight excluding hydrogens is 232 g/mol. The Morgan fingerprint density at radius 3 is 2.78 bits per heavy atom. The summed E-state index contributed by atoms with van der Waals surface area (Å²) in [7, 11) is 0. The Balaban J connectivity index is 2.37. The number of fused-ring (bicyclic) bond motifs is 1. The van der Waals surface area contributed by atoms with Crippen molar-refractivity contribution in [3.63, 3.8) is 0 Å². The number of pyridine rings is 1. The van der Waals surface area contributed by atoms with E-state index in [2.05, 4.69) is 10.1 Å². The molecule has 88 valence electrons. The average Bonchev–Trinajstić information content (AvgIpc) is 2.91. The van der Waals surface area contributed by atoms with Crippen LogP contribution >= 0.6 is 0 Å². The Hall–Kier alpha value is -2.76. The van der Waals surface area contributed by atoms with E-state index < -0.39 is 4.92 Å². The molecule has 3 aromatic rings. The van der Waals surface area contributed by atoms with Crippen molar-refractivity contribution >= 4 is 16.6 Å². The zero-order chi connectivity index (χ0) is 12.5. The lowest BCUT2D eigenvalue weighted by Crippen LogP contribution is -1.98. The Morgan fingerprint density at radius 2 is 2.06 bits per heavy atom. The Morgan fingerprint density at radius 1 is 1.17 bits per heavy atom. The summed E-state index contributed by atoms with van der Waals surface area (Å²) in [6.45, 7) is 0. The molecule has 2 heterocycles. The van der Waals surface area contributed by atoms with E-state index in [1.165, 1.54) is 6.07 Å². The van der Waals surface area contributed by atoms with Gasteiger partial charge in [-0.2, -0.15) is 5.10 Å². The lowest BCUT2D eigenvalue weighted by Gasteiger charge is -2.06. The summed E-state index contributed by atoms with van der Waals surface area (Å²) in [5, 5.41) is 15.8. The third-order valence-electron chi connectivity index (χ3n) is 2.67. The van der Waals surface area contributed by atoms with Gasteiger partial charge in [0, 0.05) is 30.0 Å². The molecule has 0 atom stereocenters. The first-order chi connectivity index (χ1) is 8.77. The van der Waals surface area contributed by atoms with Crippen LogP contribution in [0.3, 0.4) is 0 Å². The maximum absolute atomic E-state index is 11.0. The van der Waals surface area contributed by atoms with Crippen LogP contribution in [-0.4, -0.2) is 19.7 Å². The fourth-order valence-electron chi connectivity index (χ4n) is 1.90. The maximum atomic E-state index is 11.0. The van der Waals surface area contributed by atoms with Crippen molar-refractivity contribution in [1.29, 1.82) is 0 Å². The van der Waals surface area contributed by atoms with E-state index in [1.807, 2.05) is 0 Å². The summed E-state index contributed by atoms with van der Waals surface area (Å²) >= 11 is 0. The molecule has 0 aliphatic carbocycles. The van der Waals surface area contributed by atoms with Gasteiger partial charge < -0.3 is 0 Å². The van der Waals surface area contributed by atoms with Crippen LogP contribution < -0.4 is 0 Å². The number of non-ortho nitro benzene ring substituents is 1. The Labute approximate surface area is 102 Å². The third-order valence-corrected chi connectivity index (χ3v) is 2.67. The number of aromatic nitrogens is 3. The van der Waals surface area contributed by atoms with Crippen LogP contribution in [0, 0.1) is 10.1 Å². The molecule has 0 fully saturated rings. The van der Waals surface area contributed by atoms with Crippen LogP contribution in [0.4, 0.5) is 5.69 Å². The van der Waals surface area contributed by atoms with Crippen LogP contribution in [0.25, 0.3) is 16.6 Å². The highest BCUT2D eigenvalue weighted by Crippen LogP contribution is 2.28. The monoisotopic (exact) mass is 240 g/mol. The highest BCUT2D eigenvalue weighted by Gasteiger charge is 2.15. The van der Waals surface area contributed by atoms with Gasteiger partial charge in [-0.25, -0.2) is 9.67 Å². The minimum atomic E-state index is -0.428. The molecule has 0 N–H and O–H groups in total. The van der Waals surface area contributed by atoms with E-state index in [0.29, 0.717) is 10.9 Å². The number of hydrogen-bond donors (Lipinski definition) is 0. The van der Waals surface area contributed by atoms with Crippen LogP contribution in [0.15, 0.2) is 48.9 Å². The topological polar surface area (TPSA) is 73.8 Å². The van der Waals surface area contributed by atoms with Crippen LogP contribution in [0.2, 0.25) is 0 Å². The summed E-state index contributed by atoms with van der Waals surface area (Å²) in [5.74, 6) is 0. The molecule has 2 aromatic heterocycles. The van der Waals surface area contributed by atoms with Crippen LogP contribution in [0.5, 0.6) is 0 Å². The first-order valence-corrected chi connectivity index (χ1v) is 5.29. The normalized spacial score (nSPS) is 10.7. The van der Waals surface area contributed by atoms with Crippen LogP contribution in [-0.2, 0) is 0 Å². The number of nitro groups is 1. The number of hydrogen-bond acceptors (Lipinski definition) is 4. The van der Waals surface area contributed by atoms with Gasteiger partial charge in [-0.15, -0.1) is 0 Å². The second-order valence-corrected chi connectivity index (χ2v) is 3.71. The smallest absolute Gasteiger partial charge is 0.258 e. The van der Waals surface area contributed by atoms with E-state index in [1.54, 1.807) is 47.5 Å². The summed E-state index contributed by atoms with van der Waals surface area (Å²) in [6, 6.07) is 8.47. The second-order valence-electron chi connectivity index (χ2n) is 3.71. The zero-order valence-corrected chi connectivity index (χ0v) is 9.22. The van der Waals surface area contributed by atoms with Gasteiger partial charge in [0.25, 0.3) is 5.69 Å². The van der Waals surface area contributed by atoms with Gasteiger partial charge in [-0.1, -0.05) is 0 Å². The molecule has 0 unspecified atom stereocenters. The van der Waals surface area contributed by atoms with Gasteiger partial charge in [0.1, 0.15) is 5.52 Å². The zero-order valence-electron chi connectivity index (χ0n) is 9.22. The minimum absolute atomic E-state index is 0.00139. The quantitative estimate of drug-likeness (QED) is 0.509. The van der Waals surface area contributed by atoms with Gasteiger partial charge in [0.2, 0.25) is 0 Å². The van der Waals surface area contributed by atoms with E-state index in [9.17, 15) is 10.1 Å². The molecule has 0 aliphatic heterocycles.